The third kappa shape index (κ3) is 9.46. The van der Waals surface area contributed by atoms with E-state index in [1.807, 2.05) is 0 Å². The fourth-order valence-electron chi connectivity index (χ4n) is 2.17. The van der Waals surface area contributed by atoms with Gasteiger partial charge in [-0.1, -0.05) is 42.2 Å². The van der Waals surface area contributed by atoms with Crippen LogP contribution < -0.4 is 11.2 Å². The van der Waals surface area contributed by atoms with Crippen LogP contribution in [0.5, 0.6) is 0 Å². The molecule has 0 aliphatic rings. The minimum Gasteiger partial charge on any atom is -0.307 e. The molecule has 4 aromatic rings. The topological polar surface area (TPSA) is 109 Å². The van der Waals surface area contributed by atoms with E-state index in [1.54, 1.807) is 30.3 Å². The van der Waals surface area contributed by atoms with Gasteiger partial charge in [0.05, 0.1) is 16.4 Å². The summed E-state index contributed by atoms with van der Waals surface area (Å²) in [6.07, 6.45) is 0. The number of nitrogens with zero attached hydrogens (tertiary/aromatic N) is 2. The molecule has 2 heterocycles. The highest BCUT2D eigenvalue weighted by molar-refractivity contribution is 8.24. The summed E-state index contributed by atoms with van der Waals surface area (Å²) in [6.45, 7) is 0. The van der Waals surface area contributed by atoms with Gasteiger partial charge in [-0.15, -0.1) is 0 Å². The Morgan fingerprint density at radius 2 is 1.31 bits per heavy atom. The number of aromatic amines is 2. The Kier molecular flexibility index (Phi) is 11.3. The number of hydrogen-bond acceptors (Lipinski definition) is 5. The van der Waals surface area contributed by atoms with Gasteiger partial charge in [0.1, 0.15) is 5.15 Å². The summed E-state index contributed by atoms with van der Waals surface area (Å²) in [4.78, 5) is 34.5. The number of hydrogen-bond donors (Lipinski definition) is 2. The summed E-state index contributed by atoms with van der Waals surface area (Å²) in [6, 6.07) is 9.88. The number of rotatable bonds is 0. The molecule has 0 unspecified atom stereocenters. The van der Waals surface area contributed by atoms with E-state index in [9.17, 15) is 14.2 Å². The second-order valence-electron chi connectivity index (χ2n) is 5.44. The summed E-state index contributed by atoms with van der Waals surface area (Å²) in [5, 5.41) is -0.617. The zero-order valence-electron chi connectivity index (χ0n) is 14.7. The molecule has 0 fully saturated rings. The zero-order chi connectivity index (χ0) is 23.3. The summed E-state index contributed by atoms with van der Waals surface area (Å²) in [5.41, 5.74) is 0.230. The van der Waals surface area contributed by atoms with E-state index in [4.69, 9.17) is 46.4 Å². The Hall–Kier alpha value is -1.02. The van der Waals surface area contributed by atoms with Crippen molar-refractivity contribution in [1.29, 1.82) is 0 Å². The lowest BCUT2D eigenvalue weighted by Gasteiger charge is -1.99. The number of H-pyrrole nitrogens is 2. The minimum absolute atomic E-state index is 0. The fraction of sp³-hybridized carbons (Fsp3) is 0.0588. The normalized spacial score (nSPS) is 10.5. The van der Waals surface area contributed by atoms with E-state index < -0.39 is 16.4 Å². The molecule has 0 spiro atoms. The Labute approximate surface area is 215 Å². The smallest absolute Gasteiger partial charge is 0.307 e. The van der Waals surface area contributed by atoms with Crippen LogP contribution in [0.15, 0.2) is 46.0 Å². The van der Waals surface area contributed by atoms with Gasteiger partial charge >= 0.3 is 10.9 Å². The molecule has 0 aliphatic carbocycles. The Bertz CT molecular complexity index is 1400. The van der Waals surface area contributed by atoms with E-state index in [-0.39, 0.29) is 12.7 Å². The molecule has 0 radical (unpaired) electrons. The molecule has 0 bridgehead atoms. The Balaban J connectivity index is 0.000000259. The van der Waals surface area contributed by atoms with Crippen LogP contribution in [0.3, 0.4) is 0 Å². The van der Waals surface area contributed by atoms with Crippen LogP contribution in [0.1, 0.15) is 7.43 Å². The van der Waals surface area contributed by atoms with E-state index in [0.29, 0.717) is 37.0 Å². The highest BCUT2D eigenvalue weighted by Gasteiger charge is 2.04. The van der Waals surface area contributed by atoms with Crippen molar-refractivity contribution in [3.8, 4) is 0 Å². The summed E-state index contributed by atoms with van der Waals surface area (Å²) in [5.74, 6) is 0. The molecule has 2 aromatic carbocycles. The Morgan fingerprint density at radius 1 is 0.781 bits per heavy atom. The van der Waals surface area contributed by atoms with Gasteiger partial charge in [0.15, 0.2) is 0 Å². The molecule has 15 heteroatoms. The van der Waals surface area contributed by atoms with Crippen molar-refractivity contribution in [3.63, 3.8) is 0 Å². The van der Waals surface area contributed by atoms with E-state index >= 15 is 0 Å². The summed E-state index contributed by atoms with van der Waals surface area (Å²) >= 11 is 36.8. The van der Waals surface area contributed by atoms with Gasteiger partial charge < -0.3 is 4.98 Å². The molecule has 0 aliphatic heterocycles. The number of fused-ring (bicyclic) bond motifs is 2. The maximum atomic E-state index is 11.2. The van der Waals surface area contributed by atoms with Crippen molar-refractivity contribution in [1.82, 2.24) is 19.9 Å². The van der Waals surface area contributed by atoms with Crippen LogP contribution in [-0.4, -0.2) is 19.9 Å². The van der Waals surface area contributed by atoms with Gasteiger partial charge in [0, 0.05) is 15.4 Å². The van der Waals surface area contributed by atoms with Crippen molar-refractivity contribution in [3.05, 3.63) is 77.7 Å². The minimum atomic E-state index is -3.22. The first-order valence-electron chi connectivity index (χ1n) is 7.72. The van der Waals surface area contributed by atoms with Crippen LogP contribution in [0.2, 0.25) is 20.5 Å². The van der Waals surface area contributed by atoms with Crippen LogP contribution >= 0.6 is 85.3 Å². The average molecular weight is 599 g/mol. The average Bonchev–Trinajstić information content (AvgIpc) is 2.62. The quantitative estimate of drug-likeness (QED) is 0.121. The van der Waals surface area contributed by atoms with E-state index in [1.165, 1.54) is 6.07 Å². The molecule has 2 N–H and O–H groups in total. The van der Waals surface area contributed by atoms with Gasteiger partial charge in [-0.05, 0) is 81.7 Å². The second-order valence-corrected chi connectivity index (χ2v) is 13.7. The third-order valence-corrected chi connectivity index (χ3v) is 4.21. The van der Waals surface area contributed by atoms with Gasteiger partial charge in [0.2, 0.25) is 5.28 Å². The predicted octanol–water partition coefficient (Wildman–Crippen LogP) is 7.91. The first-order valence-corrected chi connectivity index (χ1v) is 13.7. The monoisotopic (exact) mass is 596 g/mol. The molecule has 0 atom stereocenters. The largest absolute Gasteiger partial charge is 0.339 e. The molecule has 172 valence electrons. The summed E-state index contributed by atoms with van der Waals surface area (Å²) < 4.78 is 9.51. The molecular formula is C17H12Cl7N4O3P. The van der Waals surface area contributed by atoms with Crippen molar-refractivity contribution in [2.24, 2.45) is 0 Å². The van der Waals surface area contributed by atoms with Crippen molar-refractivity contribution in [2.45, 2.75) is 7.43 Å². The number of halogens is 7. The van der Waals surface area contributed by atoms with Crippen LogP contribution in [0.4, 0.5) is 0 Å². The molecular weight excluding hydrogens is 587 g/mol. The lowest BCUT2D eigenvalue weighted by molar-refractivity contribution is 0.600. The van der Waals surface area contributed by atoms with Crippen molar-refractivity contribution < 1.29 is 4.57 Å². The second kappa shape index (κ2) is 12.4. The maximum Gasteiger partial charge on any atom is 0.339 e. The van der Waals surface area contributed by atoms with Crippen molar-refractivity contribution in [2.75, 3.05) is 0 Å². The highest BCUT2D eigenvalue weighted by atomic mass is 36.0. The van der Waals surface area contributed by atoms with Gasteiger partial charge in [-0.2, -0.15) is 0 Å². The standard InChI is InChI=1S/C8H3Cl3N2.C8H5ClN2O2.CH4.Cl3OP/c9-4-1-2-6-5(3-4)7(10)13-8(11)12-6;9-4-1-2-6-5(3-4)7(12)11-8(13)10-6;;1-5(2,3)4/h1-3H;1-3H,(H2,10,11,12,13);1H4;. The van der Waals surface area contributed by atoms with Crippen LogP contribution in [-0.2, 0) is 4.57 Å². The SMILES string of the molecule is C.Clc1ccc2nc(Cl)nc(Cl)c2c1.O=P(Cl)(Cl)Cl.O=c1[nH]c(=O)c2cc(Cl)ccc2[nH]1. The van der Waals surface area contributed by atoms with Gasteiger partial charge in [-0.25, -0.2) is 14.8 Å². The molecule has 0 saturated heterocycles. The molecule has 32 heavy (non-hydrogen) atoms. The van der Waals surface area contributed by atoms with Crippen LogP contribution in [0, 0.1) is 0 Å². The lowest BCUT2D eigenvalue weighted by Crippen LogP contribution is -2.21. The third-order valence-electron chi connectivity index (χ3n) is 3.29. The van der Waals surface area contributed by atoms with Gasteiger partial charge in [0.25, 0.3) is 5.56 Å². The first kappa shape index (κ1) is 29.0. The van der Waals surface area contributed by atoms with E-state index in [0.717, 1.165) is 0 Å². The van der Waals surface area contributed by atoms with Crippen LogP contribution in [0.25, 0.3) is 21.8 Å². The summed E-state index contributed by atoms with van der Waals surface area (Å²) in [7, 11) is 0. The first-order chi connectivity index (χ1) is 14.3. The zero-order valence-corrected chi connectivity index (χ0v) is 20.9. The number of aromatic nitrogens is 4. The molecule has 2 aromatic heterocycles. The van der Waals surface area contributed by atoms with Crippen molar-refractivity contribution >= 4 is 107 Å². The fourth-order valence-corrected chi connectivity index (χ4v) is 2.97. The molecule has 4 rings (SSSR count). The highest BCUT2D eigenvalue weighted by Crippen LogP contribution is 2.61. The van der Waals surface area contributed by atoms with Gasteiger partial charge in [-0.3, -0.25) is 14.3 Å². The number of nitrogens with one attached hydrogen (secondary N) is 2. The predicted molar refractivity (Wildman–Crippen MR) is 137 cm³/mol. The molecule has 7 nitrogen and oxygen atoms in total. The maximum absolute atomic E-state index is 11.2. The lowest BCUT2D eigenvalue weighted by atomic mass is 10.2. The Morgan fingerprint density at radius 3 is 1.91 bits per heavy atom. The number of benzene rings is 2. The molecule has 0 saturated carbocycles. The molecule has 0 amide bonds. The van der Waals surface area contributed by atoms with E-state index in [2.05, 4.69) is 53.7 Å².